The molecule has 0 aromatic rings. The van der Waals surface area contributed by atoms with Crippen molar-refractivity contribution in [2.45, 2.75) is 24.7 Å². The molecule has 0 aromatic heterocycles. The Labute approximate surface area is 90.7 Å². The Morgan fingerprint density at radius 2 is 1.31 bits per heavy atom. The van der Waals surface area contributed by atoms with Crippen LogP contribution in [-0.4, -0.2) is 49.8 Å². The molecule has 8 nitrogen and oxygen atoms in total. The largest absolute Gasteiger partial charge is 0.426 e. The maximum absolute atomic E-state index is 11.1. The zero-order valence-corrected chi connectivity index (χ0v) is 8.33. The molecule has 2 fully saturated rings. The van der Waals surface area contributed by atoms with Gasteiger partial charge in [0, 0.05) is 0 Å². The van der Waals surface area contributed by atoms with Crippen molar-refractivity contribution in [1.29, 1.82) is 0 Å². The van der Waals surface area contributed by atoms with Crippen molar-refractivity contribution in [1.82, 2.24) is 0 Å². The predicted octanol–water partition coefficient (Wildman–Crippen LogP) is -2.56. The van der Waals surface area contributed by atoms with Crippen molar-refractivity contribution in [2.75, 3.05) is 13.2 Å². The quantitative estimate of drug-likeness (QED) is 0.393. The lowest BCUT2D eigenvalue weighted by molar-refractivity contribution is -0.245. The molecule has 0 radical (unpaired) electrons. The van der Waals surface area contributed by atoms with Gasteiger partial charge in [-0.15, -0.1) is 0 Å². The third-order valence-electron chi connectivity index (χ3n) is 2.22. The van der Waals surface area contributed by atoms with E-state index in [0.717, 1.165) is 0 Å². The van der Waals surface area contributed by atoms with Crippen molar-refractivity contribution < 1.29 is 28.5 Å². The molecule has 0 bridgehead atoms. The van der Waals surface area contributed by atoms with Gasteiger partial charge in [0.05, 0.1) is 25.3 Å². The SMILES string of the molecule is N[C@@H]1CO[C@H]1OC(=O)C(=O)O[C@@H]1OC[C@@H]1N. The second-order valence-electron chi connectivity index (χ2n) is 3.54. The first-order valence-corrected chi connectivity index (χ1v) is 4.74. The number of esters is 2. The first-order valence-electron chi connectivity index (χ1n) is 4.74. The highest BCUT2D eigenvalue weighted by atomic mass is 16.8. The van der Waals surface area contributed by atoms with Crippen molar-refractivity contribution in [3.63, 3.8) is 0 Å². The maximum Gasteiger partial charge on any atom is 0.419 e. The third kappa shape index (κ3) is 2.14. The standard InChI is InChI=1S/C8H12N2O6/c9-3-1-13-7(3)15-5(11)6(12)16-8-4(10)2-14-8/h3-4,7-8H,1-2,9-10H2/t3-,4+,7-,8-/m0/s1. The minimum absolute atomic E-state index is 0.295. The minimum atomic E-state index is -1.16. The molecule has 0 amide bonds. The van der Waals surface area contributed by atoms with Gasteiger partial charge in [-0.2, -0.15) is 0 Å². The number of nitrogens with two attached hydrogens (primary N) is 2. The van der Waals surface area contributed by atoms with Crippen molar-refractivity contribution in [3.05, 3.63) is 0 Å². The van der Waals surface area contributed by atoms with Gasteiger partial charge in [-0.3, -0.25) is 0 Å². The van der Waals surface area contributed by atoms with Crippen LogP contribution in [0.1, 0.15) is 0 Å². The molecule has 0 aromatic carbocycles. The number of rotatable bonds is 2. The molecule has 2 aliphatic heterocycles. The van der Waals surface area contributed by atoms with Crippen molar-refractivity contribution in [3.8, 4) is 0 Å². The molecule has 16 heavy (non-hydrogen) atoms. The van der Waals surface area contributed by atoms with Crippen LogP contribution in [0.25, 0.3) is 0 Å². The summed E-state index contributed by atoms with van der Waals surface area (Å²) >= 11 is 0. The highest BCUT2D eigenvalue weighted by molar-refractivity contribution is 6.29. The Bertz CT molecular complexity index is 279. The molecule has 2 heterocycles. The van der Waals surface area contributed by atoms with Gasteiger partial charge in [0.15, 0.2) is 0 Å². The van der Waals surface area contributed by atoms with Crippen LogP contribution in [0.15, 0.2) is 0 Å². The Kier molecular flexibility index (Phi) is 3.06. The van der Waals surface area contributed by atoms with Gasteiger partial charge in [-0.1, -0.05) is 0 Å². The van der Waals surface area contributed by atoms with E-state index in [9.17, 15) is 9.59 Å². The van der Waals surface area contributed by atoms with Gasteiger partial charge in [-0.25, -0.2) is 9.59 Å². The molecule has 0 unspecified atom stereocenters. The monoisotopic (exact) mass is 232 g/mol. The Hall–Kier alpha value is -1.22. The minimum Gasteiger partial charge on any atom is -0.426 e. The molecule has 0 spiro atoms. The van der Waals surface area contributed by atoms with Gasteiger partial charge in [0.2, 0.25) is 12.6 Å². The molecule has 2 aliphatic rings. The molecular formula is C8H12N2O6. The fourth-order valence-corrected chi connectivity index (χ4v) is 1.12. The molecule has 2 saturated heterocycles. The lowest BCUT2D eigenvalue weighted by Crippen LogP contribution is -2.56. The molecule has 90 valence electrons. The summed E-state index contributed by atoms with van der Waals surface area (Å²) in [6.07, 6.45) is -1.76. The number of ether oxygens (including phenoxy) is 4. The maximum atomic E-state index is 11.1. The molecule has 4 N–H and O–H groups in total. The second-order valence-corrected chi connectivity index (χ2v) is 3.54. The van der Waals surface area contributed by atoms with E-state index in [1.54, 1.807) is 0 Å². The predicted molar refractivity (Wildman–Crippen MR) is 47.6 cm³/mol. The van der Waals surface area contributed by atoms with Gasteiger partial charge in [-0.05, 0) is 0 Å². The fourth-order valence-electron chi connectivity index (χ4n) is 1.12. The van der Waals surface area contributed by atoms with Crippen molar-refractivity contribution >= 4 is 11.9 Å². The number of hydrogen-bond donors (Lipinski definition) is 2. The zero-order chi connectivity index (χ0) is 11.7. The Morgan fingerprint density at radius 1 is 0.938 bits per heavy atom. The molecule has 4 atom stereocenters. The third-order valence-corrected chi connectivity index (χ3v) is 2.22. The van der Waals surface area contributed by atoms with E-state index in [0.29, 0.717) is 13.2 Å². The molecule has 2 rings (SSSR count). The summed E-state index contributed by atoms with van der Waals surface area (Å²) in [6.45, 7) is 0.590. The average Bonchev–Trinajstić information content (AvgIpc) is 2.28. The highest BCUT2D eigenvalue weighted by Crippen LogP contribution is 2.14. The molecular weight excluding hydrogens is 220 g/mol. The topological polar surface area (TPSA) is 123 Å². The van der Waals surface area contributed by atoms with Gasteiger partial charge in [0.25, 0.3) is 0 Å². The van der Waals surface area contributed by atoms with Crippen LogP contribution in [0.2, 0.25) is 0 Å². The highest BCUT2D eigenvalue weighted by Gasteiger charge is 2.38. The van der Waals surface area contributed by atoms with Gasteiger partial charge < -0.3 is 30.4 Å². The zero-order valence-electron chi connectivity index (χ0n) is 8.33. The van der Waals surface area contributed by atoms with E-state index < -0.39 is 36.6 Å². The van der Waals surface area contributed by atoms with E-state index in [4.69, 9.17) is 20.9 Å². The summed E-state index contributed by atoms with van der Waals surface area (Å²) in [4.78, 5) is 22.3. The first kappa shape index (κ1) is 11.3. The van der Waals surface area contributed by atoms with Gasteiger partial charge in [0.1, 0.15) is 0 Å². The Morgan fingerprint density at radius 3 is 1.50 bits per heavy atom. The summed E-state index contributed by atoms with van der Waals surface area (Å²) in [5.74, 6) is -2.33. The molecule has 0 saturated carbocycles. The average molecular weight is 232 g/mol. The smallest absolute Gasteiger partial charge is 0.419 e. The van der Waals surface area contributed by atoms with Crippen LogP contribution in [-0.2, 0) is 28.5 Å². The second kappa shape index (κ2) is 4.34. The number of carbonyl (C=O) groups excluding carboxylic acids is 2. The van der Waals surface area contributed by atoms with Crippen LogP contribution in [0, 0.1) is 0 Å². The summed E-state index contributed by atoms with van der Waals surface area (Å²) in [7, 11) is 0. The van der Waals surface area contributed by atoms with Crippen LogP contribution in [0.3, 0.4) is 0 Å². The Balaban J connectivity index is 1.73. The van der Waals surface area contributed by atoms with E-state index in [-0.39, 0.29) is 0 Å². The normalized spacial score (nSPS) is 36.9. The fraction of sp³-hybridized carbons (Fsp3) is 0.750. The number of hydrogen-bond acceptors (Lipinski definition) is 8. The van der Waals surface area contributed by atoms with Crippen LogP contribution < -0.4 is 11.5 Å². The van der Waals surface area contributed by atoms with Crippen LogP contribution >= 0.6 is 0 Å². The molecule has 8 heteroatoms. The first-order chi connectivity index (χ1) is 7.58. The summed E-state index contributed by atoms with van der Waals surface area (Å²) in [5.41, 5.74) is 10.9. The van der Waals surface area contributed by atoms with Crippen molar-refractivity contribution in [2.24, 2.45) is 11.5 Å². The van der Waals surface area contributed by atoms with E-state index >= 15 is 0 Å². The lowest BCUT2D eigenvalue weighted by Gasteiger charge is -2.34. The van der Waals surface area contributed by atoms with E-state index in [2.05, 4.69) is 9.47 Å². The molecule has 0 aliphatic carbocycles. The van der Waals surface area contributed by atoms with E-state index in [1.165, 1.54) is 0 Å². The summed E-state index contributed by atoms with van der Waals surface area (Å²) in [5, 5.41) is 0. The van der Waals surface area contributed by atoms with Crippen LogP contribution in [0.4, 0.5) is 0 Å². The van der Waals surface area contributed by atoms with Gasteiger partial charge >= 0.3 is 11.9 Å². The van der Waals surface area contributed by atoms with Crippen LogP contribution in [0.5, 0.6) is 0 Å². The van der Waals surface area contributed by atoms with E-state index in [1.807, 2.05) is 0 Å². The summed E-state index contributed by atoms with van der Waals surface area (Å²) < 4.78 is 18.8. The summed E-state index contributed by atoms with van der Waals surface area (Å²) in [6, 6.07) is -0.807. The lowest BCUT2D eigenvalue weighted by atomic mass is 10.2. The number of carbonyl (C=O) groups is 2.